The Bertz CT molecular complexity index is 555. The van der Waals surface area contributed by atoms with Gasteiger partial charge in [0.2, 0.25) is 0 Å². The molecule has 0 saturated carbocycles. The minimum absolute atomic E-state index is 0.169. The first-order valence-corrected chi connectivity index (χ1v) is 15.1. The zero-order valence-electron chi connectivity index (χ0n) is 16.4. The smallest absolute Gasteiger partial charge is 0.250 e. The van der Waals surface area contributed by atoms with Gasteiger partial charge in [0.25, 0.3) is 16.6 Å². The lowest BCUT2D eigenvalue weighted by atomic mass is 10.2. The van der Waals surface area contributed by atoms with Gasteiger partial charge in [-0.15, -0.1) is 0 Å². The largest absolute Gasteiger partial charge is 0.541 e. The van der Waals surface area contributed by atoms with Crippen LogP contribution >= 0.6 is 22.6 Å². The predicted octanol–water partition coefficient (Wildman–Crippen LogP) is 7.06. The standard InChI is InChI=1S/C18H33IO2Si2/c1-17(2,3)22(7,8)20-15-12-11-14(19)13-16(15)21-23(9,10)18(4,5)6/h11-13H,1-10H3. The van der Waals surface area contributed by atoms with Gasteiger partial charge in [0.15, 0.2) is 0 Å². The van der Waals surface area contributed by atoms with E-state index in [0.29, 0.717) is 0 Å². The molecule has 0 atom stereocenters. The lowest BCUT2D eigenvalue weighted by molar-refractivity contribution is 0.440. The molecule has 0 radical (unpaired) electrons. The van der Waals surface area contributed by atoms with Gasteiger partial charge in [0, 0.05) is 3.57 Å². The molecule has 0 aliphatic rings. The van der Waals surface area contributed by atoms with E-state index in [4.69, 9.17) is 8.85 Å². The van der Waals surface area contributed by atoms with Crippen molar-refractivity contribution in [2.75, 3.05) is 0 Å². The molecule has 2 nitrogen and oxygen atoms in total. The number of rotatable bonds is 4. The highest BCUT2D eigenvalue weighted by atomic mass is 127. The molecule has 0 unspecified atom stereocenters. The van der Waals surface area contributed by atoms with E-state index in [9.17, 15) is 0 Å². The first-order chi connectivity index (χ1) is 10.1. The summed E-state index contributed by atoms with van der Waals surface area (Å²) < 4.78 is 14.3. The minimum Gasteiger partial charge on any atom is -0.541 e. The normalized spacial score (nSPS) is 13.9. The van der Waals surface area contributed by atoms with Crippen LogP contribution in [0.2, 0.25) is 36.3 Å². The molecule has 0 heterocycles. The maximum atomic E-state index is 6.57. The molecule has 1 aromatic carbocycles. The summed E-state index contributed by atoms with van der Waals surface area (Å²) in [5, 5.41) is 0.340. The van der Waals surface area contributed by atoms with Gasteiger partial charge in [0.05, 0.1) is 0 Å². The number of benzene rings is 1. The van der Waals surface area contributed by atoms with Crippen LogP contribution in [0.1, 0.15) is 41.5 Å². The molecule has 0 amide bonds. The van der Waals surface area contributed by atoms with Crippen molar-refractivity contribution in [3.05, 3.63) is 21.8 Å². The molecule has 1 aromatic rings. The van der Waals surface area contributed by atoms with Gasteiger partial charge in [-0.25, -0.2) is 0 Å². The van der Waals surface area contributed by atoms with Crippen molar-refractivity contribution in [3.8, 4) is 11.5 Å². The lowest BCUT2D eigenvalue weighted by Crippen LogP contribution is -2.45. The first-order valence-electron chi connectivity index (χ1n) is 8.24. The fraction of sp³-hybridized carbons (Fsp3) is 0.667. The van der Waals surface area contributed by atoms with E-state index in [2.05, 4.69) is 109 Å². The Kier molecular flexibility index (Phi) is 6.13. The summed E-state index contributed by atoms with van der Waals surface area (Å²) in [6.07, 6.45) is 0. The Hall–Kier alpha value is -0.0162. The van der Waals surface area contributed by atoms with Crippen LogP contribution in [-0.2, 0) is 0 Å². The van der Waals surface area contributed by atoms with E-state index in [1.54, 1.807) is 0 Å². The third kappa shape index (κ3) is 5.23. The van der Waals surface area contributed by atoms with Gasteiger partial charge in [-0.2, -0.15) is 0 Å². The van der Waals surface area contributed by atoms with Gasteiger partial charge in [-0.1, -0.05) is 41.5 Å². The molecule has 0 N–H and O–H groups in total. The number of hydrogen-bond donors (Lipinski definition) is 0. The SMILES string of the molecule is CC(C)(C)[Si](C)(C)Oc1ccc(I)cc1O[Si](C)(C)C(C)(C)C. The van der Waals surface area contributed by atoms with E-state index in [1.807, 2.05) is 0 Å². The number of hydrogen-bond acceptors (Lipinski definition) is 2. The molecular formula is C18H33IO2Si2. The van der Waals surface area contributed by atoms with Gasteiger partial charge < -0.3 is 8.85 Å². The molecule has 0 bridgehead atoms. The second kappa shape index (κ2) is 6.71. The Morgan fingerprint density at radius 1 is 0.739 bits per heavy atom. The highest BCUT2D eigenvalue weighted by molar-refractivity contribution is 14.1. The Labute approximate surface area is 158 Å². The van der Waals surface area contributed by atoms with Crippen LogP contribution in [0, 0.1) is 3.57 Å². The van der Waals surface area contributed by atoms with E-state index >= 15 is 0 Å². The van der Waals surface area contributed by atoms with E-state index in [-0.39, 0.29) is 10.1 Å². The van der Waals surface area contributed by atoms with Crippen molar-refractivity contribution in [1.82, 2.24) is 0 Å². The quantitative estimate of drug-likeness (QED) is 0.351. The van der Waals surface area contributed by atoms with Crippen LogP contribution in [0.25, 0.3) is 0 Å². The van der Waals surface area contributed by atoms with Crippen molar-refractivity contribution >= 4 is 39.2 Å². The van der Waals surface area contributed by atoms with Crippen LogP contribution in [0.5, 0.6) is 11.5 Å². The van der Waals surface area contributed by atoms with Crippen molar-refractivity contribution in [2.45, 2.75) is 77.8 Å². The molecular weight excluding hydrogens is 431 g/mol. The highest BCUT2D eigenvalue weighted by Gasteiger charge is 2.42. The summed E-state index contributed by atoms with van der Waals surface area (Å²) in [6, 6.07) is 6.29. The van der Waals surface area contributed by atoms with Crippen molar-refractivity contribution in [1.29, 1.82) is 0 Å². The average Bonchev–Trinajstić information content (AvgIpc) is 2.29. The molecule has 23 heavy (non-hydrogen) atoms. The molecule has 0 aromatic heterocycles. The van der Waals surface area contributed by atoms with Crippen LogP contribution < -0.4 is 8.85 Å². The summed E-state index contributed by atoms with van der Waals surface area (Å²) in [7, 11) is -3.77. The van der Waals surface area contributed by atoms with E-state index < -0.39 is 16.6 Å². The zero-order chi connectivity index (χ0) is 18.3. The molecule has 0 fully saturated rings. The first kappa shape index (κ1) is 21.0. The molecule has 132 valence electrons. The summed E-state index contributed by atoms with van der Waals surface area (Å²) >= 11 is 2.34. The number of halogens is 1. The minimum atomic E-state index is -1.89. The van der Waals surface area contributed by atoms with Crippen LogP contribution in [-0.4, -0.2) is 16.6 Å². The summed E-state index contributed by atoms with van der Waals surface area (Å²) in [6.45, 7) is 22.7. The van der Waals surface area contributed by atoms with Gasteiger partial charge in [0.1, 0.15) is 11.5 Å². The van der Waals surface area contributed by atoms with Crippen molar-refractivity contribution in [3.63, 3.8) is 0 Å². The fourth-order valence-electron chi connectivity index (χ4n) is 1.50. The lowest BCUT2D eigenvalue weighted by Gasteiger charge is -2.39. The van der Waals surface area contributed by atoms with Crippen LogP contribution in [0.3, 0.4) is 0 Å². The van der Waals surface area contributed by atoms with Crippen molar-refractivity contribution < 1.29 is 8.85 Å². The zero-order valence-corrected chi connectivity index (χ0v) is 20.6. The molecule has 0 saturated heterocycles. The Balaban J connectivity index is 3.22. The predicted molar refractivity (Wildman–Crippen MR) is 115 cm³/mol. The molecule has 0 spiro atoms. The molecule has 5 heteroatoms. The van der Waals surface area contributed by atoms with Crippen LogP contribution in [0.15, 0.2) is 18.2 Å². The van der Waals surface area contributed by atoms with Gasteiger partial charge in [-0.05, 0) is 77.1 Å². The monoisotopic (exact) mass is 464 g/mol. The molecule has 0 aliphatic heterocycles. The third-order valence-corrected chi connectivity index (χ3v) is 14.6. The van der Waals surface area contributed by atoms with Crippen LogP contribution in [0.4, 0.5) is 0 Å². The highest BCUT2D eigenvalue weighted by Crippen LogP contribution is 2.43. The molecule has 0 aliphatic carbocycles. The maximum absolute atomic E-state index is 6.57. The summed E-state index contributed by atoms with van der Waals surface area (Å²) in [4.78, 5) is 0. The van der Waals surface area contributed by atoms with E-state index in [0.717, 1.165) is 11.5 Å². The fourth-order valence-corrected chi connectivity index (χ4v) is 4.00. The summed E-state index contributed by atoms with van der Waals surface area (Å²) in [5.74, 6) is 1.81. The van der Waals surface area contributed by atoms with Gasteiger partial charge in [-0.3, -0.25) is 0 Å². The van der Waals surface area contributed by atoms with Crippen molar-refractivity contribution in [2.24, 2.45) is 0 Å². The van der Waals surface area contributed by atoms with E-state index in [1.165, 1.54) is 3.57 Å². The maximum Gasteiger partial charge on any atom is 0.250 e. The Morgan fingerprint density at radius 2 is 1.13 bits per heavy atom. The average molecular weight is 465 g/mol. The second-order valence-electron chi connectivity index (χ2n) is 9.32. The molecule has 1 rings (SSSR count). The topological polar surface area (TPSA) is 18.5 Å². The summed E-state index contributed by atoms with van der Waals surface area (Å²) in [5.41, 5.74) is 0. The third-order valence-electron chi connectivity index (χ3n) is 5.25. The van der Waals surface area contributed by atoms with Gasteiger partial charge >= 0.3 is 0 Å². The Morgan fingerprint density at radius 3 is 1.52 bits per heavy atom. The second-order valence-corrected chi connectivity index (χ2v) is 20.0.